The molecule has 0 bridgehead atoms. The van der Waals surface area contributed by atoms with Crippen LogP contribution in [-0.4, -0.2) is 10.5 Å². The maximum absolute atomic E-state index is 11.3. The van der Waals surface area contributed by atoms with Crippen molar-refractivity contribution in [3.8, 4) is 0 Å². The highest BCUT2D eigenvalue weighted by Crippen LogP contribution is 2.22. The number of rotatable bonds is 1. The van der Waals surface area contributed by atoms with Crippen LogP contribution in [0.15, 0.2) is 30.5 Å². The summed E-state index contributed by atoms with van der Waals surface area (Å²) < 4.78 is 1.63. The smallest absolute Gasteiger partial charge is 0.227 e. The number of carbonyl (C=O) groups excluding carboxylic acids is 1. The summed E-state index contributed by atoms with van der Waals surface area (Å²) in [4.78, 5) is 11.3. The first kappa shape index (κ1) is 9.28. The summed E-state index contributed by atoms with van der Waals surface area (Å²) in [5.41, 5.74) is 1.92. The molecule has 72 valence electrons. The molecule has 0 N–H and O–H groups in total. The Morgan fingerprint density at radius 2 is 2.14 bits per heavy atom. The van der Waals surface area contributed by atoms with E-state index in [-0.39, 0.29) is 5.91 Å². The monoisotopic (exact) mass is 207 g/mol. The number of carbonyl (C=O) groups is 1. The lowest BCUT2D eigenvalue weighted by molar-refractivity contribution is 0.0941. The summed E-state index contributed by atoms with van der Waals surface area (Å²) in [7, 11) is 0. The van der Waals surface area contributed by atoms with E-state index in [1.807, 2.05) is 24.3 Å². The zero-order chi connectivity index (χ0) is 10.1. The number of nitrogens with zero attached hydrogens (tertiary/aromatic N) is 1. The zero-order valence-corrected chi connectivity index (χ0v) is 8.58. The highest BCUT2D eigenvalue weighted by atomic mass is 35.5. The average Bonchev–Trinajstić information content (AvgIpc) is 2.56. The highest BCUT2D eigenvalue weighted by molar-refractivity contribution is 6.18. The predicted octanol–water partition coefficient (Wildman–Crippen LogP) is 3.04. The number of para-hydroxylation sites is 1. The molecule has 0 saturated heterocycles. The first-order valence-corrected chi connectivity index (χ1v) is 4.93. The van der Waals surface area contributed by atoms with Gasteiger partial charge in [0, 0.05) is 24.4 Å². The van der Waals surface area contributed by atoms with E-state index in [4.69, 9.17) is 11.6 Å². The molecule has 0 aliphatic carbocycles. The van der Waals surface area contributed by atoms with Gasteiger partial charge < -0.3 is 0 Å². The number of benzene rings is 1. The van der Waals surface area contributed by atoms with Gasteiger partial charge in [-0.3, -0.25) is 9.36 Å². The van der Waals surface area contributed by atoms with E-state index >= 15 is 0 Å². The van der Waals surface area contributed by atoms with Crippen molar-refractivity contribution in [2.45, 2.75) is 12.8 Å². The largest absolute Gasteiger partial charge is 0.287 e. The van der Waals surface area contributed by atoms with Crippen molar-refractivity contribution in [2.75, 3.05) is 0 Å². The molecule has 2 rings (SSSR count). The summed E-state index contributed by atoms with van der Waals surface area (Å²) in [6.45, 7) is 1.55. The number of hydrogen-bond donors (Lipinski definition) is 0. The van der Waals surface area contributed by atoms with Crippen LogP contribution in [0, 0.1) is 0 Å². The SMILES string of the molecule is CC(=O)n1cc(CCl)c2ccccc21. The van der Waals surface area contributed by atoms with Crippen molar-refractivity contribution in [3.05, 3.63) is 36.0 Å². The third kappa shape index (κ3) is 1.32. The molecular formula is C11H10ClNO. The molecule has 1 aromatic carbocycles. The highest BCUT2D eigenvalue weighted by Gasteiger charge is 2.08. The van der Waals surface area contributed by atoms with Gasteiger partial charge in [0.15, 0.2) is 0 Å². The van der Waals surface area contributed by atoms with Crippen molar-refractivity contribution in [1.29, 1.82) is 0 Å². The molecule has 0 spiro atoms. The van der Waals surface area contributed by atoms with Gasteiger partial charge in [0.1, 0.15) is 0 Å². The molecule has 2 nitrogen and oxygen atoms in total. The Morgan fingerprint density at radius 3 is 2.79 bits per heavy atom. The van der Waals surface area contributed by atoms with Crippen LogP contribution >= 0.6 is 11.6 Å². The number of fused-ring (bicyclic) bond motifs is 1. The van der Waals surface area contributed by atoms with E-state index in [2.05, 4.69) is 0 Å². The van der Waals surface area contributed by atoms with Gasteiger partial charge in [-0.05, 0) is 11.6 Å². The number of aromatic nitrogens is 1. The van der Waals surface area contributed by atoms with Crippen molar-refractivity contribution in [2.24, 2.45) is 0 Å². The summed E-state index contributed by atoms with van der Waals surface area (Å²) in [5, 5.41) is 1.05. The molecule has 3 heteroatoms. The normalized spacial score (nSPS) is 10.7. The Labute approximate surface area is 87.1 Å². The topological polar surface area (TPSA) is 22.0 Å². The van der Waals surface area contributed by atoms with Crippen LogP contribution in [0.3, 0.4) is 0 Å². The molecule has 0 aliphatic heterocycles. The second-order valence-electron chi connectivity index (χ2n) is 3.19. The van der Waals surface area contributed by atoms with Crippen LogP contribution in [0.25, 0.3) is 10.9 Å². The van der Waals surface area contributed by atoms with Crippen LogP contribution < -0.4 is 0 Å². The third-order valence-electron chi connectivity index (χ3n) is 2.28. The minimum atomic E-state index is 0.0116. The fourth-order valence-electron chi connectivity index (χ4n) is 1.62. The molecule has 2 aromatic rings. The summed E-state index contributed by atoms with van der Waals surface area (Å²) >= 11 is 5.80. The second-order valence-corrected chi connectivity index (χ2v) is 3.46. The number of hydrogen-bond acceptors (Lipinski definition) is 1. The summed E-state index contributed by atoms with van der Waals surface area (Å²) in [5.74, 6) is 0.443. The molecule has 0 amide bonds. The van der Waals surface area contributed by atoms with Gasteiger partial charge in [0.2, 0.25) is 5.91 Å². The quantitative estimate of drug-likeness (QED) is 0.659. The molecular weight excluding hydrogens is 198 g/mol. The van der Waals surface area contributed by atoms with Gasteiger partial charge in [-0.15, -0.1) is 11.6 Å². The fourth-order valence-corrected chi connectivity index (χ4v) is 1.83. The maximum Gasteiger partial charge on any atom is 0.227 e. The van der Waals surface area contributed by atoms with Gasteiger partial charge in [-0.25, -0.2) is 0 Å². The predicted molar refractivity (Wildman–Crippen MR) is 57.8 cm³/mol. The van der Waals surface area contributed by atoms with E-state index in [1.165, 1.54) is 0 Å². The summed E-state index contributed by atoms with van der Waals surface area (Å²) in [6, 6.07) is 7.77. The van der Waals surface area contributed by atoms with Crippen LogP contribution in [0.4, 0.5) is 0 Å². The molecule has 0 unspecified atom stereocenters. The first-order chi connectivity index (χ1) is 6.74. The Balaban J connectivity index is 2.80. The van der Waals surface area contributed by atoms with Gasteiger partial charge in [-0.2, -0.15) is 0 Å². The van der Waals surface area contributed by atoms with Crippen molar-refractivity contribution in [1.82, 2.24) is 4.57 Å². The molecule has 0 atom stereocenters. The fraction of sp³-hybridized carbons (Fsp3) is 0.182. The number of alkyl halides is 1. The lowest BCUT2D eigenvalue weighted by Crippen LogP contribution is -2.02. The van der Waals surface area contributed by atoms with Gasteiger partial charge >= 0.3 is 0 Å². The standard InChI is InChI=1S/C11H10ClNO/c1-8(14)13-7-9(6-12)10-4-2-3-5-11(10)13/h2-5,7H,6H2,1H3. The Morgan fingerprint density at radius 1 is 1.43 bits per heavy atom. The lowest BCUT2D eigenvalue weighted by atomic mass is 10.2. The van der Waals surface area contributed by atoms with Gasteiger partial charge in [0.25, 0.3) is 0 Å². The Bertz CT molecular complexity index is 487. The van der Waals surface area contributed by atoms with Crippen LogP contribution in [0.2, 0.25) is 0 Å². The Kier molecular flexibility index (Phi) is 2.30. The molecule has 0 radical (unpaired) electrons. The molecule has 0 aliphatic rings. The minimum Gasteiger partial charge on any atom is -0.287 e. The molecule has 0 saturated carbocycles. The van der Waals surface area contributed by atoms with E-state index in [9.17, 15) is 4.79 Å². The van der Waals surface area contributed by atoms with Crippen LogP contribution in [-0.2, 0) is 5.88 Å². The van der Waals surface area contributed by atoms with Crippen molar-refractivity contribution in [3.63, 3.8) is 0 Å². The zero-order valence-electron chi connectivity index (χ0n) is 7.83. The molecule has 0 fully saturated rings. The second kappa shape index (κ2) is 3.46. The Hall–Kier alpha value is -1.28. The van der Waals surface area contributed by atoms with Crippen LogP contribution in [0.1, 0.15) is 17.3 Å². The molecule has 1 heterocycles. The van der Waals surface area contributed by atoms with E-state index in [0.717, 1.165) is 16.5 Å². The van der Waals surface area contributed by atoms with Gasteiger partial charge in [0.05, 0.1) is 5.52 Å². The van der Waals surface area contributed by atoms with Crippen molar-refractivity contribution >= 4 is 28.4 Å². The lowest BCUT2D eigenvalue weighted by Gasteiger charge is -1.97. The number of halogens is 1. The van der Waals surface area contributed by atoms with Crippen molar-refractivity contribution < 1.29 is 4.79 Å². The van der Waals surface area contributed by atoms with E-state index in [1.54, 1.807) is 17.7 Å². The minimum absolute atomic E-state index is 0.0116. The third-order valence-corrected chi connectivity index (χ3v) is 2.57. The molecule has 14 heavy (non-hydrogen) atoms. The van der Waals surface area contributed by atoms with Gasteiger partial charge in [-0.1, -0.05) is 18.2 Å². The van der Waals surface area contributed by atoms with E-state index in [0.29, 0.717) is 5.88 Å². The van der Waals surface area contributed by atoms with E-state index < -0.39 is 0 Å². The van der Waals surface area contributed by atoms with Crippen LogP contribution in [0.5, 0.6) is 0 Å². The average molecular weight is 208 g/mol. The first-order valence-electron chi connectivity index (χ1n) is 4.40. The maximum atomic E-state index is 11.3. The molecule has 1 aromatic heterocycles. The summed E-state index contributed by atoms with van der Waals surface area (Å²) in [6.07, 6.45) is 1.81.